The Morgan fingerprint density at radius 3 is 1.50 bits per heavy atom. The maximum absolute atomic E-state index is 12.7. The molecule has 1 aliphatic heterocycles. The zero-order valence-electron chi connectivity index (χ0n) is 34.5. The van der Waals surface area contributed by atoms with Gasteiger partial charge in [0.15, 0.2) is 12.4 Å². The number of carbonyl (C=O) groups excluding carboxylic acids is 2. The Morgan fingerprint density at radius 2 is 1.00 bits per heavy atom. The first kappa shape index (κ1) is 50.5. The summed E-state index contributed by atoms with van der Waals surface area (Å²) in [6.07, 6.45) is 29.4. The van der Waals surface area contributed by atoms with Crippen molar-refractivity contribution in [2.24, 2.45) is 0 Å². The zero-order valence-corrected chi connectivity index (χ0v) is 34.5. The number of rotatable bonds is 37. The smallest absolute Gasteiger partial charge is 0.306 e. The number of esters is 2. The lowest BCUT2D eigenvalue weighted by molar-refractivity contribution is -0.305. The molecule has 10 heteroatoms. The Kier molecular flexibility index (Phi) is 33.5. The van der Waals surface area contributed by atoms with Gasteiger partial charge in [0, 0.05) is 12.8 Å². The minimum Gasteiger partial charge on any atom is -0.462 e. The van der Waals surface area contributed by atoms with Gasteiger partial charge in [-0.2, -0.15) is 0 Å². The summed E-state index contributed by atoms with van der Waals surface area (Å²) in [4.78, 5) is 25.3. The lowest BCUT2D eigenvalue weighted by atomic mass is 9.99. The van der Waals surface area contributed by atoms with E-state index < -0.39 is 49.4 Å². The molecule has 1 rings (SSSR count). The summed E-state index contributed by atoms with van der Waals surface area (Å²) < 4.78 is 22.1. The van der Waals surface area contributed by atoms with E-state index in [0.29, 0.717) is 6.42 Å². The Bertz CT molecular complexity index is 897. The van der Waals surface area contributed by atoms with E-state index in [-0.39, 0.29) is 32.0 Å². The maximum Gasteiger partial charge on any atom is 0.306 e. The van der Waals surface area contributed by atoms with Gasteiger partial charge in [-0.3, -0.25) is 9.59 Å². The number of aliphatic hydroxyl groups excluding tert-OH is 4. The fourth-order valence-electron chi connectivity index (χ4n) is 6.82. The van der Waals surface area contributed by atoms with Crippen LogP contribution >= 0.6 is 0 Å². The Morgan fingerprint density at radius 1 is 0.556 bits per heavy atom. The first-order chi connectivity index (χ1) is 26.3. The molecule has 0 aromatic carbocycles. The van der Waals surface area contributed by atoms with Crippen LogP contribution in [0.2, 0.25) is 0 Å². The SMILES string of the molecule is CCCC/C=C/CCCCCCCC(=O)O[C@@H](COC(=O)CCCCCCCCCCCCCCCCCCCC)CO[C@H]1O[C@@H](CO)[C@@H](O)C(O)C1O. The third-order valence-corrected chi connectivity index (χ3v) is 10.4. The highest BCUT2D eigenvalue weighted by atomic mass is 16.7. The van der Waals surface area contributed by atoms with Gasteiger partial charge in [0.2, 0.25) is 0 Å². The van der Waals surface area contributed by atoms with Crippen molar-refractivity contribution in [3.05, 3.63) is 12.2 Å². The highest BCUT2D eigenvalue weighted by Gasteiger charge is 2.44. The second-order valence-electron chi connectivity index (χ2n) is 15.5. The topological polar surface area (TPSA) is 152 Å². The largest absolute Gasteiger partial charge is 0.462 e. The third kappa shape index (κ3) is 27.1. The predicted octanol–water partition coefficient (Wildman–Crippen LogP) is 9.17. The molecule has 1 fully saturated rings. The van der Waals surface area contributed by atoms with Crippen molar-refractivity contribution >= 4 is 11.9 Å². The molecule has 0 bridgehead atoms. The van der Waals surface area contributed by atoms with Crippen molar-refractivity contribution < 1.29 is 49.0 Å². The quantitative estimate of drug-likeness (QED) is 0.0273. The molecule has 0 spiro atoms. The number of hydrogen-bond acceptors (Lipinski definition) is 10. The van der Waals surface area contributed by atoms with Crippen LogP contribution in [0.4, 0.5) is 0 Å². The lowest BCUT2D eigenvalue weighted by Gasteiger charge is -2.39. The predicted molar refractivity (Wildman–Crippen MR) is 215 cm³/mol. The van der Waals surface area contributed by atoms with E-state index in [1.54, 1.807) is 0 Å². The van der Waals surface area contributed by atoms with Crippen LogP contribution in [0.15, 0.2) is 12.2 Å². The van der Waals surface area contributed by atoms with Gasteiger partial charge < -0.3 is 39.4 Å². The molecule has 0 aromatic heterocycles. The van der Waals surface area contributed by atoms with E-state index in [9.17, 15) is 30.0 Å². The summed E-state index contributed by atoms with van der Waals surface area (Å²) in [6.45, 7) is 3.39. The number of unbranched alkanes of at least 4 members (excludes halogenated alkanes) is 24. The molecule has 54 heavy (non-hydrogen) atoms. The van der Waals surface area contributed by atoms with E-state index in [2.05, 4.69) is 26.0 Å². The highest BCUT2D eigenvalue weighted by molar-refractivity contribution is 5.70. The van der Waals surface area contributed by atoms with Crippen molar-refractivity contribution in [1.29, 1.82) is 0 Å². The van der Waals surface area contributed by atoms with Gasteiger partial charge in [-0.25, -0.2) is 0 Å². The Balaban J connectivity index is 2.29. The standard InChI is InChI=1S/C44H82O10/c1-3-5-7-9-11-13-15-16-17-18-19-20-21-23-24-26-28-30-32-39(46)51-35-37(36-52-44-43(50)42(49)41(48)38(34-45)54-44)53-40(47)33-31-29-27-25-22-14-12-10-8-6-4-2/h10,12,37-38,41-45,48-50H,3-9,11,13-36H2,1-2H3/b12-10+/t37-,38-,41+,42?,43?,44-/m0/s1. The molecular formula is C44H82O10. The molecule has 1 heterocycles. The van der Waals surface area contributed by atoms with Crippen molar-refractivity contribution in [3.8, 4) is 0 Å². The maximum atomic E-state index is 12.7. The molecule has 0 amide bonds. The summed E-state index contributed by atoms with van der Waals surface area (Å²) in [5.74, 6) is -0.809. The van der Waals surface area contributed by atoms with Crippen LogP contribution in [0.25, 0.3) is 0 Å². The van der Waals surface area contributed by atoms with Gasteiger partial charge >= 0.3 is 11.9 Å². The van der Waals surface area contributed by atoms with Gasteiger partial charge in [-0.05, 0) is 32.1 Å². The second kappa shape index (κ2) is 35.8. The second-order valence-corrected chi connectivity index (χ2v) is 15.5. The van der Waals surface area contributed by atoms with Crippen molar-refractivity contribution in [2.45, 2.75) is 237 Å². The van der Waals surface area contributed by atoms with Gasteiger partial charge in [0.25, 0.3) is 0 Å². The van der Waals surface area contributed by atoms with Gasteiger partial charge in [-0.1, -0.05) is 167 Å². The molecule has 1 saturated heterocycles. The minimum atomic E-state index is -1.59. The molecule has 0 saturated carbocycles. The third-order valence-electron chi connectivity index (χ3n) is 10.4. The van der Waals surface area contributed by atoms with E-state index in [0.717, 1.165) is 57.8 Å². The number of hydrogen-bond donors (Lipinski definition) is 4. The Hall–Kier alpha value is -1.56. The molecule has 2 unspecified atom stereocenters. The van der Waals surface area contributed by atoms with E-state index >= 15 is 0 Å². The fourth-order valence-corrected chi connectivity index (χ4v) is 6.82. The van der Waals surface area contributed by atoms with Crippen molar-refractivity contribution in [3.63, 3.8) is 0 Å². The summed E-state index contributed by atoms with van der Waals surface area (Å²) >= 11 is 0. The number of carbonyl (C=O) groups is 2. The van der Waals surface area contributed by atoms with Gasteiger partial charge in [-0.15, -0.1) is 0 Å². The molecule has 0 radical (unpaired) electrons. The summed E-state index contributed by atoms with van der Waals surface area (Å²) in [5.41, 5.74) is 0. The van der Waals surface area contributed by atoms with Crippen molar-refractivity contribution in [2.75, 3.05) is 19.8 Å². The van der Waals surface area contributed by atoms with Crippen molar-refractivity contribution in [1.82, 2.24) is 0 Å². The first-order valence-corrected chi connectivity index (χ1v) is 22.3. The van der Waals surface area contributed by atoms with E-state index in [1.807, 2.05) is 0 Å². The summed E-state index contributed by atoms with van der Waals surface area (Å²) in [5, 5.41) is 40.0. The van der Waals surface area contributed by atoms with Crippen LogP contribution in [-0.4, -0.2) is 89.0 Å². The molecule has 0 aromatic rings. The zero-order chi connectivity index (χ0) is 39.5. The molecule has 4 N–H and O–H groups in total. The molecule has 10 nitrogen and oxygen atoms in total. The van der Waals surface area contributed by atoms with Gasteiger partial charge in [0.1, 0.15) is 31.0 Å². The monoisotopic (exact) mass is 771 g/mol. The first-order valence-electron chi connectivity index (χ1n) is 22.3. The van der Waals surface area contributed by atoms with E-state index in [4.69, 9.17) is 18.9 Å². The van der Waals surface area contributed by atoms with Crippen LogP contribution < -0.4 is 0 Å². The lowest BCUT2D eigenvalue weighted by Crippen LogP contribution is -2.59. The van der Waals surface area contributed by atoms with E-state index in [1.165, 1.54) is 109 Å². The van der Waals surface area contributed by atoms with Crippen LogP contribution in [0.5, 0.6) is 0 Å². The summed E-state index contributed by atoms with van der Waals surface area (Å²) in [7, 11) is 0. The average molecular weight is 771 g/mol. The number of allylic oxidation sites excluding steroid dienone is 2. The van der Waals surface area contributed by atoms with Crippen LogP contribution in [0.1, 0.15) is 200 Å². The van der Waals surface area contributed by atoms with Crippen LogP contribution in [-0.2, 0) is 28.5 Å². The molecule has 0 aliphatic carbocycles. The van der Waals surface area contributed by atoms with Crippen LogP contribution in [0.3, 0.4) is 0 Å². The summed E-state index contributed by atoms with van der Waals surface area (Å²) in [6, 6.07) is 0. The highest BCUT2D eigenvalue weighted by Crippen LogP contribution is 2.23. The average Bonchev–Trinajstić information content (AvgIpc) is 3.17. The normalized spacial score (nSPS) is 20.7. The molecule has 6 atom stereocenters. The van der Waals surface area contributed by atoms with Crippen LogP contribution in [0, 0.1) is 0 Å². The molecule has 1 aliphatic rings. The molecule has 318 valence electrons. The number of ether oxygens (including phenoxy) is 4. The fraction of sp³-hybridized carbons (Fsp3) is 0.909. The number of aliphatic hydroxyl groups is 4. The minimum absolute atomic E-state index is 0.215. The van der Waals surface area contributed by atoms with Gasteiger partial charge in [0.05, 0.1) is 13.2 Å². The molecular weight excluding hydrogens is 688 g/mol. The Labute approximate surface area is 329 Å².